The van der Waals surface area contributed by atoms with E-state index in [4.69, 9.17) is 0 Å². The Labute approximate surface area is 332 Å². The van der Waals surface area contributed by atoms with Gasteiger partial charge in [0, 0.05) is 19.6 Å². The first-order chi connectivity index (χ1) is 27.4. The average Bonchev–Trinajstić information content (AvgIpc) is 3.86. The second-order valence-electron chi connectivity index (χ2n) is 12.1. The van der Waals surface area contributed by atoms with E-state index in [0.717, 1.165) is 11.1 Å². The van der Waals surface area contributed by atoms with E-state index in [1.54, 1.807) is 35.6 Å². The summed E-state index contributed by atoms with van der Waals surface area (Å²) in [6, 6.07) is 38.3. The first-order valence-corrected chi connectivity index (χ1v) is 19.0. The van der Waals surface area contributed by atoms with Gasteiger partial charge in [0.2, 0.25) is 0 Å². The Kier molecular flexibility index (Phi) is 15.2. The molecule has 8 aromatic rings. The molecule has 12 heteroatoms. The smallest absolute Gasteiger partial charge is 0.320 e. The van der Waals surface area contributed by atoms with Gasteiger partial charge in [-0.2, -0.15) is 0 Å². The van der Waals surface area contributed by atoms with Gasteiger partial charge >= 0.3 is 11.4 Å². The third kappa shape index (κ3) is 8.86. The fraction of sp³-hybridized carbons (Fsp3) is 0.244. The van der Waals surface area contributed by atoms with Crippen LogP contribution in [0.4, 0.5) is 0 Å². The molecule has 0 fully saturated rings. The van der Waals surface area contributed by atoms with Crippen molar-refractivity contribution in [2.75, 3.05) is 0 Å². The highest BCUT2D eigenvalue weighted by molar-refractivity contribution is 5.73. The van der Waals surface area contributed by atoms with Crippen molar-refractivity contribution in [3.05, 3.63) is 187 Å². The van der Waals surface area contributed by atoms with E-state index in [9.17, 15) is 19.2 Å². The molecule has 4 aromatic carbocycles. The van der Waals surface area contributed by atoms with Gasteiger partial charge in [0.05, 0.1) is 30.6 Å². The molecule has 57 heavy (non-hydrogen) atoms. The predicted octanol–water partition coefficient (Wildman–Crippen LogP) is 7.52. The van der Waals surface area contributed by atoms with Crippen LogP contribution in [0.25, 0.3) is 33.7 Å². The van der Waals surface area contributed by atoms with Crippen LogP contribution in [0.5, 0.6) is 0 Å². The maximum atomic E-state index is 13.0. The van der Waals surface area contributed by atoms with Crippen LogP contribution in [0, 0.1) is 0 Å². The summed E-state index contributed by atoms with van der Waals surface area (Å²) < 4.78 is 9.18. The van der Waals surface area contributed by atoms with Crippen molar-refractivity contribution < 1.29 is 0 Å². The number of hydrogen-bond donors (Lipinski definition) is 0. The molecule has 0 unspecified atom stereocenters. The van der Waals surface area contributed by atoms with Crippen molar-refractivity contribution in [1.82, 2.24) is 37.4 Å². The largest absolute Gasteiger partial charge is 0.337 e. The lowest BCUT2D eigenvalue weighted by Gasteiger charge is -2.13. The molecular formula is C45H52N8O4. The second kappa shape index (κ2) is 20.2. The topological polar surface area (TPSA) is 124 Å². The highest BCUT2D eigenvalue weighted by Crippen LogP contribution is 2.16. The van der Waals surface area contributed by atoms with Gasteiger partial charge < -0.3 is 9.13 Å². The summed E-state index contributed by atoms with van der Waals surface area (Å²) in [6.07, 6.45) is 3.25. The van der Waals surface area contributed by atoms with Crippen LogP contribution in [-0.2, 0) is 26.2 Å². The highest BCUT2D eigenvalue weighted by atomic mass is 16.2. The lowest BCUT2D eigenvalue weighted by atomic mass is 10.2. The first-order valence-electron chi connectivity index (χ1n) is 19.0. The minimum atomic E-state index is -0.374. The molecule has 0 aliphatic rings. The summed E-state index contributed by atoms with van der Waals surface area (Å²) in [6.45, 7) is 13.2. The van der Waals surface area contributed by atoms with Crippen LogP contribution >= 0.6 is 0 Å². The molecule has 0 aliphatic carbocycles. The Morgan fingerprint density at radius 1 is 0.491 bits per heavy atom. The second-order valence-corrected chi connectivity index (χ2v) is 12.1. The number of hydrogen-bond acceptors (Lipinski definition) is 6. The number of rotatable bonds is 8. The Bertz CT molecular complexity index is 2730. The molecule has 4 aromatic heterocycles. The first kappa shape index (κ1) is 42.9. The molecule has 0 saturated carbocycles. The van der Waals surface area contributed by atoms with Gasteiger partial charge in [-0.3, -0.25) is 18.7 Å². The third-order valence-electron chi connectivity index (χ3n) is 8.84. The number of benzene rings is 4. The van der Waals surface area contributed by atoms with Crippen LogP contribution < -0.4 is 22.5 Å². The molecule has 0 N–H and O–H groups in total. The normalized spacial score (nSPS) is 10.4. The van der Waals surface area contributed by atoms with Crippen LogP contribution in [-0.4, -0.2) is 37.4 Å². The molecule has 8 rings (SSSR count). The summed E-state index contributed by atoms with van der Waals surface area (Å²) in [7, 11) is 0. The fourth-order valence-electron chi connectivity index (χ4n) is 6.34. The number of nitrogens with zero attached hydrogens (tertiary/aromatic N) is 8. The summed E-state index contributed by atoms with van der Waals surface area (Å²) >= 11 is 0. The molecule has 0 amide bonds. The van der Waals surface area contributed by atoms with Crippen LogP contribution in [0.2, 0.25) is 0 Å². The summed E-state index contributed by atoms with van der Waals surface area (Å²) in [4.78, 5) is 60.3. The van der Waals surface area contributed by atoms with Gasteiger partial charge in [0.25, 0.3) is 11.1 Å². The Morgan fingerprint density at radius 3 is 1.39 bits per heavy atom. The van der Waals surface area contributed by atoms with Crippen LogP contribution in [0.3, 0.4) is 0 Å². The van der Waals surface area contributed by atoms with Gasteiger partial charge in [-0.15, -0.1) is 0 Å². The van der Waals surface area contributed by atoms with E-state index >= 15 is 0 Å². The van der Waals surface area contributed by atoms with E-state index in [2.05, 4.69) is 9.97 Å². The van der Waals surface area contributed by atoms with Gasteiger partial charge in [-0.25, -0.2) is 28.7 Å². The van der Waals surface area contributed by atoms with E-state index in [1.807, 2.05) is 154 Å². The van der Waals surface area contributed by atoms with Gasteiger partial charge in [-0.1, -0.05) is 132 Å². The van der Waals surface area contributed by atoms with Gasteiger partial charge in [-0.05, 0) is 49.2 Å². The summed E-state index contributed by atoms with van der Waals surface area (Å²) in [5.41, 5.74) is 3.75. The molecule has 0 aliphatic heterocycles. The van der Waals surface area contributed by atoms with E-state index in [0.29, 0.717) is 59.9 Å². The Balaban J connectivity index is 0.000000229. The van der Waals surface area contributed by atoms with Crippen LogP contribution in [0.1, 0.15) is 60.1 Å². The molecule has 0 saturated heterocycles. The summed E-state index contributed by atoms with van der Waals surface area (Å²) in [5.74, 6) is 0. The highest BCUT2D eigenvalue weighted by Gasteiger charge is 2.20. The monoisotopic (exact) mass is 768 g/mol. The third-order valence-corrected chi connectivity index (χ3v) is 8.84. The molecule has 0 spiro atoms. The van der Waals surface area contributed by atoms with Crippen molar-refractivity contribution in [3.63, 3.8) is 0 Å². The molecule has 12 nitrogen and oxygen atoms in total. The minimum Gasteiger partial charge on any atom is -0.320 e. The zero-order valence-corrected chi connectivity index (χ0v) is 32.7. The van der Waals surface area contributed by atoms with Crippen LogP contribution in [0.15, 0.2) is 153 Å². The number of para-hydroxylation sites is 2. The maximum Gasteiger partial charge on any atom is 0.337 e. The summed E-state index contributed by atoms with van der Waals surface area (Å²) in [5, 5.41) is 0. The molecule has 0 radical (unpaired) electrons. The molecule has 0 atom stereocenters. The minimum absolute atomic E-state index is 0. The van der Waals surface area contributed by atoms with Crippen molar-refractivity contribution in [2.24, 2.45) is 0 Å². The quantitative estimate of drug-likeness (QED) is 0.158. The lowest BCUT2D eigenvalue weighted by Crippen LogP contribution is -2.39. The van der Waals surface area contributed by atoms with E-state index < -0.39 is 0 Å². The predicted molar refractivity (Wildman–Crippen MR) is 231 cm³/mol. The van der Waals surface area contributed by atoms with E-state index in [1.165, 1.54) is 13.7 Å². The maximum absolute atomic E-state index is 13.0. The van der Waals surface area contributed by atoms with Crippen molar-refractivity contribution >= 4 is 22.3 Å². The van der Waals surface area contributed by atoms with Gasteiger partial charge in [0.15, 0.2) is 22.3 Å². The molecule has 0 bridgehead atoms. The van der Waals surface area contributed by atoms with Crippen molar-refractivity contribution in [2.45, 2.75) is 75.1 Å². The SMILES string of the molecule is C.CC.CC.CCn1c(=O)c2c(ncn2Cc2ccccc2)n(-c2ccccc2)c1=O.CCn1c(=O)c2ncn(Cc3ccccc3)c2n(-c2ccccc2)c1=O. The standard InChI is InChI=1S/2C20H18N4O2.2C2H6.CH4/c1-2-23-19(25)17-18(24(20(23)26)16-11-7-4-8-12-16)21-14-22(17)13-15-9-5-3-6-10-15;1-2-23-19(25)17-18(24(20(23)26)16-11-7-4-8-12-16)22(14-21-17)13-15-9-5-3-6-10-15;2*1-2;/h2*3-12,14H,2,13H2,1H3;2*1-2H3;1H4. The Morgan fingerprint density at radius 2 is 0.895 bits per heavy atom. The number of aromatic nitrogens is 8. The number of fused-ring (bicyclic) bond motifs is 2. The van der Waals surface area contributed by atoms with E-state index in [-0.39, 0.29) is 29.9 Å². The lowest BCUT2D eigenvalue weighted by molar-refractivity contribution is 0.653. The zero-order valence-electron chi connectivity index (χ0n) is 32.7. The zero-order chi connectivity index (χ0) is 40.2. The van der Waals surface area contributed by atoms with Gasteiger partial charge in [0.1, 0.15) is 0 Å². The fourth-order valence-corrected chi connectivity index (χ4v) is 6.34. The Hall–Kier alpha value is -6.82. The van der Waals surface area contributed by atoms with Crippen molar-refractivity contribution in [3.8, 4) is 11.4 Å². The molecule has 296 valence electrons. The molecular weight excluding hydrogens is 717 g/mol. The average molecular weight is 769 g/mol. The van der Waals surface area contributed by atoms with Crippen molar-refractivity contribution in [1.29, 1.82) is 0 Å². The molecule has 4 heterocycles. The number of imidazole rings is 2.